The Morgan fingerprint density at radius 1 is 1.50 bits per heavy atom. The third kappa shape index (κ3) is 2.13. The van der Waals surface area contributed by atoms with E-state index in [1.54, 1.807) is 0 Å². The van der Waals surface area contributed by atoms with Gasteiger partial charge >= 0.3 is 0 Å². The van der Waals surface area contributed by atoms with Crippen molar-refractivity contribution in [2.45, 2.75) is 45.8 Å². The average molecular weight is 224 g/mol. The summed E-state index contributed by atoms with van der Waals surface area (Å²) in [6.45, 7) is 5.21. The van der Waals surface area contributed by atoms with E-state index in [-0.39, 0.29) is 12.8 Å². The molecule has 1 fully saturated rings. The monoisotopic (exact) mass is 224 g/mol. The molecule has 1 aromatic heterocycles. The lowest BCUT2D eigenvalue weighted by Gasteiger charge is -2.12. The molecule has 1 aromatic rings. The van der Waals surface area contributed by atoms with Crippen LogP contribution in [0.3, 0.4) is 0 Å². The summed E-state index contributed by atoms with van der Waals surface area (Å²) in [5.41, 5.74) is 3.53. The maximum atomic E-state index is 8.88. The minimum Gasteiger partial charge on any atom is -0.396 e. The van der Waals surface area contributed by atoms with Crippen molar-refractivity contribution in [2.75, 3.05) is 13.2 Å². The van der Waals surface area contributed by atoms with Gasteiger partial charge < -0.3 is 9.84 Å². The lowest BCUT2D eigenvalue weighted by Crippen LogP contribution is -2.11. The van der Waals surface area contributed by atoms with E-state index in [0.29, 0.717) is 0 Å². The zero-order valence-corrected chi connectivity index (χ0v) is 10.1. The molecule has 1 saturated heterocycles. The van der Waals surface area contributed by atoms with Gasteiger partial charge in [-0.05, 0) is 45.1 Å². The summed E-state index contributed by atoms with van der Waals surface area (Å²) in [7, 11) is 0. The van der Waals surface area contributed by atoms with Crippen LogP contribution in [-0.4, -0.2) is 28.1 Å². The highest BCUT2D eigenvalue weighted by Gasteiger charge is 2.22. The molecule has 1 aliphatic heterocycles. The Labute approximate surface area is 96.2 Å². The maximum Gasteiger partial charge on any atom is 0.150 e. The summed E-state index contributed by atoms with van der Waals surface area (Å²) < 4.78 is 7.65. The summed E-state index contributed by atoms with van der Waals surface area (Å²) in [5, 5.41) is 13.4. The van der Waals surface area contributed by atoms with Crippen LogP contribution in [0, 0.1) is 13.8 Å². The molecule has 2 rings (SSSR count). The maximum absolute atomic E-state index is 8.88. The number of aliphatic hydroxyl groups excluding tert-OH is 1. The van der Waals surface area contributed by atoms with Crippen LogP contribution >= 0.6 is 0 Å². The predicted octanol–water partition coefficient (Wildman–Crippen LogP) is 1.73. The van der Waals surface area contributed by atoms with Gasteiger partial charge in [0.2, 0.25) is 0 Å². The fourth-order valence-electron chi connectivity index (χ4n) is 2.35. The number of nitrogens with zero attached hydrogens (tertiary/aromatic N) is 2. The first-order valence-electron chi connectivity index (χ1n) is 6.01. The number of hydrogen-bond acceptors (Lipinski definition) is 3. The Morgan fingerprint density at radius 2 is 2.31 bits per heavy atom. The van der Waals surface area contributed by atoms with Gasteiger partial charge in [-0.25, -0.2) is 4.68 Å². The molecule has 1 atom stereocenters. The molecule has 0 saturated carbocycles. The summed E-state index contributed by atoms with van der Waals surface area (Å²) in [6.07, 6.45) is 4.01. The van der Waals surface area contributed by atoms with Crippen LogP contribution in [-0.2, 0) is 11.2 Å². The first-order valence-corrected chi connectivity index (χ1v) is 6.01. The summed E-state index contributed by atoms with van der Waals surface area (Å²) in [5.74, 6) is 0. The Balaban J connectivity index is 2.19. The van der Waals surface area contributed by atoms with Gasteiger partial charge in [0, 0.05) is 18.9 Å². The van der Waals surface area contributed by atoms with Crippen molar-refractivity contribution < 1.29 is 9.84 Å². The normalized spacial score (nSPS) is 20.6. The van der Waals surface area contributed by atoms with Crippen LogP contribution in [0.4, 0.5) is 0 Å². The molecule has 1 unspecified atom stereocenters. The zero-order valence-electron chi connectivity index (χ0n) is 10.1. The highest BCUT2D eigenvalue weighted by atomic mass is 16.5. The molecular formula is C12H20N2O2. The van der Waals surface area contributed by atoms with Gasteiger partial charge in [0.05, 0.1) is 5.69 Å². The van der Waals surface area contributed by atoms with E-state index in [4.69, 9.17) is 9.84 Å². The summed E-state index contributed by atoms with van der Waals surface area (Å²) >= 11 is 0. The summed E-state index contributed by atoms with van der Waals surface area (Å²) in [6, 6.07) is 0. The van der Waals surface area contributed by atoms with Gasteiger partial charge in [-0.15, -0.1) is 0 Å². The fourth-order valence-corrected chi connectivity index (χ4v) is 2.35. The lowest BCUT2D eigenvalue weighted by atomic mass is 10.1. The molecule has 2 heterocycles. The Bertz CT molecular complexity index is 354. The molecular weight excluding hydrogens is 204 g/mol. The lowest BCUT2D eigenvalue weighted by molar-refractivity contribution is 0.0448. The molecule has 4 heteroatoms. The SMILES string of the molecule is Cc1nn(C2CCCO2)c(C)c1CCCO. The summed E-state index contributed by atoms with van der Waals surface area (Å²) in [4.78, 5) is 0. The predicted molar refractivity (Wildman–Crippen MR) is 61.3 cm³/mol. The van der Waals surface area contributed by atoms with Crippen LogP contribution in [0.25, 0.3) is 0 Å². The van der Waals surface area contributed by atoms with Gasteiger partial charge in [0.25, 0.3) is 0 Å². The molecule has 0 amide bonds. The van der Waals surface area contributed by atoms with Gasteiger partial charge in [-0.3, -0.25) is 0 Å². The number of ether oxygens (including phenoxy) is 1. The quantitative estimate of drug-likeness (QED) is 0.847. The smallest absolute Gasteiger partial charge is 0.150 e. The number of rotatable bonds is 4. The number of aromatic nitrogens is 2. The van der Waals surface area contributed by atoms with Crippen LogP contribution in [0.5, 0.6) is 0 Å². The zero-order chi connectivity index (χ0) is 11.5. The van der Waals surface area contributed by atoms with Crippen LogP contribution < -0.4 is 0 Å². The van der Waals surface area contributed by atoms with E-state index < -0.39 is 0 Å². The van der Waals surface area contributed by atoms with Crippen molar-refractivity contribution in [1.82, 2.24) is 9.78 Å². The van der Waals surface area contributed by atoms with E-state index >= 15 is 0 Å². The Hall–Kier alpha value is -0.870. The first-order chi connectivity index (χ1) is 7.74. The van der Waals surface area contributed by atoms with E-state index in [0.717, 1.165) is 38.0 Å². The van der Waals surface area contributed by atoms with Crippen molar-refractivity contribution in [3.8, 4) is 0 Å². The van der Waals surface area contributed by atoms with Crippen molar-refractivity contribution in [2.24, 2.45) is 0 Å². The van der Waals surface area contributed by atoms with Gasteiger partial charge in [-0.1, -0.05) is 0 Å². The second kappa shape index (κ2) is 4.97. The molecule has 0 aromatic carbocycles. The van der Waals surface area contributed by atoms with Gasteiger partial charge in [0.15, 0.2) is 6.23 Å². The number of aliphatic hydroxyl groups is 1. The molecule has 0 spiro atoms. The van der Waals surface area contributed by atoms with Gasteiger partial charge in [-0.2, -0.15) is 5.10 Å². The molecule has 90 valence electrons. The second-order valence-electron chi connectivity index (χ2n) is 4.39. The minimum absolute atomic E-state index is 0.126. The Kier molecular flexibility index (Phi) is 3.61. The topological polar surface area (TPSA) is 47.3 Å². The van der Waals surface area contributed by atoms with E-state index in [9.17, 15) is 0 Å². The molecule has 0 bridgehead atoms. The molecule has 4 nitrogen and oxygen atoms in total. The largest absolute Gasteiger partial charge is 0.396 e. The number of hydrogen-bond donors (Lipinski definition) is 1. The van der Waals surface area contributed by atoms with Crippen molar-refractivity contribution in [3.05, 3.63) is 17.0 Å². The Morgan fingerprint density at radius 3 is 2.94 bits per heavy atom. The van der Waals surface area contributed by atoms with Crippen LogP contribution in [0.1, 0.15) is 42.4 Å². The van der Waals surface area contributed by atoms with E-state index in [1.165, 1.54) is 11.3 Å². The fraction of sp³-hybridized carbons (Fsp3) is 0.750. The highest BCUT2D eigenvalue weighted by Crippen LogP contribution is 2.26. The molecule has 1 N–H and O–H groups in total. The van der Waals surface area contributed by atoms with Crippen molar-refractivity contribution in [3.63, 3.8) is 0 Å². The number of aryl methyl sites for hydroxylation is 1. The minimum atomic E-state index is 0.126. The van der Waals surface area contributed by atoms with E-state index in [2.05, 4.69) is 12.0 Å². The van der Waals surface area contributed by atoms with Crippen molar-refractivity contribution >= 4 is 0 Å². The molecule has 16 heavy (non-hydrogen) atoms. The van der Waals surface area contributed by atoms with Crippen LogP contribution in [0.15, 0.2) is 0 Å². The third-order valence-corrected chi connectivity index (χ3v) is 3.24. The first kappa shape index (κ1) is 11.6. The molecule has 0 aliphatic carbocycles. The van der Waals surface area contributed by atoms with Crippen molar-refractivity contribution in [1.29, 1.82) is 0 Å². The molecule has 0 radical (unpaired) electrons. The second-order valence-corrected chi connectivity index (χ2v) is 4.39. The average Bonchev–Trinajstić information content (AvgIpc) is 2.86. The highest BCUT2D eigenvalue weighted by molar-refractivity contribution is 5.25. The molecule has 1 aliphatic rings. The van der Waals surface area contributed by atoms with Crippen LogP contribution in [0.2, 0.25) is 0 Å². The van der Waals surface area contributed by atoms with E-state index in [1.807, 2.05) is 11.6 Å². The van der Waals surface area contributed by atoms with Gasteiger partial charge in [0.1, 0.15) is 0 Å². The third-order valence-electron chi connectivity index (χ3n) is 3.24. The standard InChI is InChI=1S/C12H20N2O2/c1-9-11(5-3-7-15)10(2)14(13-9)12-6-4-8-16-12/h12,15H,3-8H2,1-2H3.